The van der Waals surface area contributed by atoms with Gasteiger partial charge in [-0.1, -0.05) is 18.2 Å². The zero-order valence-corrected chi connectivity index (χ0v) is 22.1. The second-order valence-corrected chi connectivity index (χ2v) is 10.1. The molecule has 2 heterocycles. The molecule has 2 fully saturated rings. The van der Waals surface area contributed by atoms with E-state index in [4.69, 9.17) is 10.2 Å². The first-order valence-corrected chi connectivity index (χ1v) is 13.1. The second-order valence-electron chi connectivity index (χ2n) is 10.1. The highest BCUT2D eigenvalue weighted by Gasteiger charge is 2.49. The molecule has 1 unspecified atom stereocenters. The van der Waals surface area contributed by atoms with Crippen molar-refractivity contribution >= 4 is 28.6 Å². The van der Waals surface area contributed by atoms with Gasteiger partial charge in [-0.2, -0.15) is 5.26 Å². The molecule has 2 aliphatic heterocycles. The van der Waals surface area contributed by atoms with Crippen molar-refractivity contribution < 1.29 is 33.4 Å². The Kier molecular flexibility index (Phi) is 9.10. The molecule has 212 valence electrons. The monoisotopic (exact) mass is 561 g/mol. The minimum Gasteiger partial charge on any atom is -0.478 e. The van der Waals surface area contributed by atoms with E-state index in [0.717, 1.165) is 48.9 Å². The lowest BCUT2D eigenvalue weighted by Crippen LogP contribution is -2.47. The highest BCUT2D eigenvalue weighted by Crippen LogP contribution is 2.45. The summed E-state index contributed by atoms with van der Waals surface area (Å²) in [6, 6.07) is 16.8. The molecule has 1 amide bonds. The van der Waals surface area contributed by atoms with Gasteiger partial charge in [-0.25, -0.2) is 18.4 Å². The Balaban J connectivity index is 0.000000426. The lowest BCUT2D eigenvalue weighted by atomic mass is 9.64. The predicted octanol–water partition coefficient (Wildman–Crippen LogP) is 4.37. The van der Waals surface area contributed by atoms with Crippen LogP contribution in [-0.4, -0.2) is 52.6 Å². The minimum absolute atomic E-state index is 0.0962. The van der Waals surface area contributed by atoms with Gasteiger partial charge in [0, 0.05) is 36.6 Å². The van der Waals surface area contributed by atoms with Crippen LogP contribution in [0.2, 0.25) is 0 Å². The number of carboxylic acids is 2. The normalized spacial score (nSPS) is 18.1. The maximum atomic E-state index is 13.8. The summed E-state index contributed by atoms with van der Waals surface area (Å²) in [5.74, 6) is -3.22. The van der Waals surface area contributed by atoms with Gasteiger partial charge in [0.05, 0.1) is 11.6 Å². The summed E-state index contributed by atoms with van der Waals surface area (Å²) in [5.41, 5.74) is 2.01. The van der Waals surface area contributed by atoms with Gasteiger partial charge in [0.25, 0.3) is 0 Å². The number of nitriles is 1. The Bertz CT molecular complexity index is 1510. The first-order chi connectivity index (χ1) is 19.6. The van der Waals surface area contributed by atoms with E-state index in [2.05, 4.69) is 11.4 Å². The van der Waals surface area contributed by atoms with Gasteiger partial charge in [0.1, 0.15) is 11.6 Å². The summed E-state index contributed by atoms with van der Waals surface area (Å²) in [4.78, 5) is 34.7. The number of nitrogens with one attached hydrogen (secondary N) is 1. The number of nitrogens with zero attached hydrogens (tertiary/aromatic N) is 2. The number of fused-ring (bicyclic) bond motifs is 1. The standard InChI is InChI=1S/C27H25F2N3O.C4H4O4/c28-22-3-1-21(2-4-22)27(8-10-31-11-9-27)25-7-12-32(26(25)33)17-20-14-18(16-30)13-19-15-23(29)5-6-24(19)20;5-3(6)1-2-4(7)8/h1-6,13-15,25,31H,7-12,17H2;1-2H,(H,5,6)(H,7,8)/b;2-1+. The molecule has 2 aliphatic rings. The van der Waals surface area contributed by atoms with E-state index in [0.29, 0.717) is 36.2 Å². The van der Waals surface area contributed by atoms with E-state index in [9.17, 15) is 28.4 Å². The zero-order valence-electron chi connectivity index (χ0n) is 22.1. The molecule has 1 atom stereocenters. The molecule has 41 heavy (non-hydrogen) atoms. The molecular formula is C31H29F2N3O5. The largest absolute Gasteiger partial charge is 0.478 e. The number of hydrogen-bond acceptors (Lipinski definition) is 5. The van der Waals surface area contributed by atoms with Gasteiger partial charge in [0.15, 0.2) is 0 Å². The van der Waals surface area contributed by atoms with Crippen LogP contribution in [0.15, 0.2) is 66.7 Å². The van der Waals surface area contributed by atoms with E-state index in [1.807, 2.05) is 17.0 Å². The Hall–Kier alpha value is -4.62. The quantitative estimate of drug-likeness (QED) is 0.381. The molecule has 0 saturated carbocycles. The van der Waals surface area contributed by atoms with Crippen LogP contribution in [0.25, 0.3) is 10.8 Å². The van der Waals surface area contributed by atoms with Crippen LogP contribution >= 0.6 is 0 Å². The minimum atomic E-state index is -1.26. The number of hydrogen-bond donors (Lipinski definition) is 3. The van der Waals surface area contributed by atoms with Crippen molar-refractivity contribution in [2.24, 2.45) is 5.92 Å². The van der Waals surface area contributed by atoms with Gasteiger partial charge < -0.3 is 20.4 Å². The van der Waals surface area contributed by atoms with Gasteiger partial charge in [-0.05, 0) is 90.6 Å². The molecule has 3 aromatic carbocycles. The van der Waals surface area contributed by atoms with Crippen LogP contribution < -0.4 is 5.32 Å². The molecule has 0 aromatic heterocycles. The van der Waals surface area contributed by atoms with E-state index >= 15 is 0 Å². The van der Waals surface area contributed by atoms with Crippen LogP contribution in [0.4, 0.5) is 8.78 Å². The number of carboxylic acid groups (broad SMARTS) is 2. The van der Waals surface area contributed by atoms with Crippen molar-refractivity contribution in [1.82, 2.24) is 10.2 Å². The molecular weight excluding hydrogens is 532 g/mol. The number of rotatable bonds is 6. The van der Waals surface area contributed by atoms with Crippen LogP contribution in [0.1, 0.15) is 36.0 Å². The van der Waals surface area contributed by atoms with Crippen LogP contribution in [0, 0.1) is 28.9 Å². The van der Waals surface area contributed by atoms with Crippen molar-refractivity contribution in [2.75, 3.05) is 19.6 Å². The topological polar surface area (TPSA) is 131 Å². The fraction of sp³-hybridized carbons (Fsp3) is 0.290. The van der Waals surface area contributed by atoms with Gasteiger partial charge in [-0.3, -0.25) is 4.79 Å². The lowest BCUT2D eigenvalue weighted by Gasteiger charge is -2.42. The molecule has 2 saturated heterocycles. The van der Waals surface area contributed by atoms with Crippen LogP contribution in [-0.2, 0) is 26.3 Å². The summed E-state index contributed by atoms with van der Waals surface area (Å²) in [7, 11) is 0. The molecule has 0 bridgehead atoms. The summed E-state index contributed by atoms with van der Waals surface area (Å²) in [5, 5.41) is 30.0. The van der Waals surface area contributed by atoms with Gasteiger partial charge in [-0.15, -0.1) is 0 Å². The van der Waals surface area contributed by atoms with Crippen molar-refractivity contribution in [3.05, 3.63) is 95.1 Å². The number of amides is 1. The third-order valence-corrected chi connectivity index (χ3v) is 7.74. The number of likely N-dealkylation sites (tertiary alicyclic amines) is 1. The molecule has 10 heteroatoms. The van der Waals surface area contributed by atoms with Crippen LogP contribution in [0.5, 0.6) is 0 Å². The first-order valence-electron chi connectivity index (χ1n) is 13.1. The van der Waals surface area contributed by atoms with Crippen molar-refractivity contribution in [3.8, 4) is 6.07 Å². The predicted molar refractivity (Wildman–Crippen MR) is 147 cm³/mol. The second kappa shape index (κ2) is 12.7. The third-order valence-electron chi connectivity index (χ3n) is 7.74. The fourth-order valence-electron chi connectivity index (χ4n) is 5.87. The SMILES string of the molecule is N#Cc1cc(CN2CCC(C3(c4ccc(F)cc4)CCNCC3)C2=O)c2ccc(F)cc2c1.O=C(O)/C=C/C(=O)O. The molecule has 3 aromatic rings. The Labute approximate surface area is 235 Å². The number of carbonyl (C=O) groups is 3. The highest BCUT2D eigenvalue weighted by molar-refractivity contribution is 5.90. The summed E-state index contributed by atoms with van der Waals surface area (Å²) >= 11 is 0. The molecule has 0 aliphatic carbocycles. The Morgan fingerprint density at radius 2 is 1.63 bits per heavy atom. The number of carbonyl (C=O) groups excluding carboxylic acids is 1. The van der Waals surface area contributed by atoms with E-state index in [-0.39, 0.29) is 28.9 Å². The van der Waals surface area contributed by atoms with Gasteiger partial charge >= 0.3 is 11.9 Å². The Morgan fingerprint density at radius 3 is 2.24 bits per heavy atom. The van der Waals surface area contributed by atoms with E-state index in [1.165, 1.54) is 24.3 Å². The molecule has 8 nitrogen and oxygen atoms in total. The summed E-state index contributed by atoms with van der Waals surface area (Å²) in [6.07, 6.45) is 3.51. The average Bonchev–Trinajstić information content (AvgIpc) is 3.32. The average molecular weight is 562 g/mol. The molecule has 5 rings (SSSR count). The molecule has 0 spiro atoms. The van der Waals surface area contributed by atoms with Crippen molar-refractivity contribution in [1.29, 1.82) is 5.26 Å². The number of aliphatic carboxylic acids is 2. The third kappa shape index (κ3) is 6.76. The van der Waals surface area contributed by atoms with Crippen molar-refractivity contribution in [3.63, 3.8) is 0 Å². The van der Waals surface area contributed by atoms with Crippen molar-refractivity contribution in [2.45, 2.75) is 31.2 Å². The van der Waals surface area contributed by atoms with E-state index in [1.54, 1.807) is 18.2 Å². The lowest BCUT2D eigenvalue weighted by molar-refractivity contribution is -0.134. The summed E-state index contributed by atoms with van der Waals surface area (Å²) < 4.78 is 27.4. The smallest absolute Gasteiger partial charge is 0.328 e. The zero-order chi connectivity index (χ0) is 29.6. The first kappa shape index (κ1) is 29.4. The fourth-order valence-corrected chi connectivity index (χ4v) is 5.87. The van der Waals surface area contributed by atoms with Crippen LogP contribution in [0.3, 0.4) is 0 Å². The number of benzene rings is 3. The maximum absolute atomic E-state index is 13.8. The Morgan fingerprint density at radius 1 is 1.00 bits per heavy atom. The molecule has 0 radical (unpaired) electrons. The van der Waals surface area contributed by atoms with Gasteiger partial charge in [0.2, 0.25) is 5.91 Å². The number of piperidine rings is 1. The van der Waals surface area contributed by atoms with E-state index < -0.39 is 11.9 Å². The number of halogens is 2. The molecule has 3 N–H and O–H groups in total. The highest BCUT2D eigenvalue weighted by atomic mass is 19.1. The summed E-state index contributed by atoms with van der Waals surface area (Å²) in [6.45, 7) is 2.65. The maximum Gasteiger partial charge on any atom is 0.328 e.